The summed E-state index contributed by atoms with van der Waals surface area (Å²) in [6.45, 7) is 1.02. The number of carbonyl (C=O) groups excluding carboxylic acids is 3. The number of hydrogen-bond donors (Lipinski definition) is 3. The second-order valence-electron chi connectivity index (χ2n) is 8.73. The van der Waals surface area contributed by atoms with E-state index in [0.717, 1.165) is 16.7 Å². The van der Waals surface area contributed by atoms with E-state index in [4.69, 9.17) is 26.2 Å². The average molecular weight is 572 g/mol. The van der Waals surface area contributed by atoms with Crippen molar-refractivity contribution in [2.45, 2.75) is 6.92 Å². The summed E-state index contributed by atoms with van der Waals surface area (Å²) in [7, 11) is 0. The Bertz CT molecular complexity index is 1520. The lowest BCUT2D eigenvalue weighted by Crippen LogP contribution is -2.21. The number of pyridine rings is 1. The predicted octanol–water partition coefficient (Wildman–Crippen LogP) is 3.10. The zero-order chi connectivity index (χ0) is 29.0. The van der Waals surface area contributed by atoms with E-state index in [1.54, 1.807) is 31.2 Å². The highest BCUT2D eigenvalue weighted by Gasteiger charge is 2.63. The van der Waals surface area contributed by atoms with Crippen LogP contribution in [-0.4, -0.2) is 46.6 Å². The van der Waals surface area contributed by atoms with Crippen LogP contribution in [0.25, 0.3) is 5.69 Å². The molecule has 3 N–H and O–H groups in total. The van der Waals surface area contributed by atoms with E-state index in [0.29, 0.717) is 10.7 Å². The number of rotatable bonds is 10. The quantitative estimate of drug-likeness (QED) is 0.314. The predicted molar refractivity (Wildman–Crippen MR) is 141 cm³/mol. The molecule has 0 bridgehead atoms. The molecule has 1 aliphatic carbocycles. The van der Waals surface area contributed by atoms with Gasteiger partial charge in [0.05, 0.1) is 35.7 Å². The molecule has 3 atom stereocenters. The van der Waals surface area contributed by atoms with Gasteiger partial charge in [0.25, 0.3) is 5.56 Å². The Balaban J connectivity index is 1.48. The molecule has 208 valence electrons. The van der Waals surface area contributed by atoms with Gasteiger partial charge in [-0.2, -0.15) is 0 Å². The van der Waals surface area contributed by atoms with Crippen LogP contribution in [-0.2, 0) is 23.9 Å². The summed E-state index contributed by atoms with van der Waals surface area (Å²) in [5.41, 5.74) is -0.291. The van der Waals surface area contributed by atoms with Gasteiger partial charge in [0.2, 0.25) is 11.8 Å². The maximum atomic E-state index is 15.0. The molecule has 2 aromatic carbocycles. The van der Waals surface area contributed by atoms with E-state index in [-0.39, 0.29) is 23.7 Å². The Morgan fingerprint density at radius 1 is 0.975 bits per heavy atom. The van der Waals surface area contributed by atoms with Gasteiger partial charge in [0.1, 0.15) is 11.6 Å². The maximum absolute atomic E-state index is 15.0. The zero-order valence-electron chi connectivity index (χ0n) is 20.9. The number of carbonyl (C=O) groups is 4. The van der Waals surface area contributed by atoms with Gasteiger partial charge in [-0.3, -0.25) is 23.7 Å². The number of halogens is 2. The van der Waals surface area contributed by atoms with Crippen LogP contribution in [0.3, 0.4) is 0 Å². The summed E-state index contributed by atoms with van der Waals surface area (Å²) < 4.78 is 26.0. The van der Waals surface area contributed by atoms with Crippen molar-refractivity contribution in [3.8, 4) is 11.4 Å². The molecule has 2 amide bonds. The second kappa shape index (κ2) is 12.0. The van der Waals surface area contributed by atoms with Gasteiger partial charge in [-0.15, -0.1) is 0 Å². The summed E-state index contributed by atoms with van der Waals surface area (Å²) in [5, 5.41) is 14.2. The molecule has 1 saturated carbocycles. The Morgan fingerprint density at radius 3 is 2.25 bits per heavy atom. The smallest absolute Gasteiger partial charge is 0.341 e. The van der Waals surface area contributed by atoms with Crippen LogP contribution in [0.4, 0.5) is 15.8 Å². The summed E-state index contributed by atoms with van der Waals surface area (Å²) in [6.07, 6.45) is 1.28. The normalized spacial score (nSPS) is 17.4. The number of hydrogen-bond acceptors (Lipinski definition) is 7. The largest absolute Gasteiger partial charge is 0.482 e. The fourth-order valence-corrected chi connectivity index (χ4v) is 4.26. The Kier molecular flexibility index (Phi) is 8.49. The van der Waals surface area contributed by atoms with E-state index in [1.807, 2.05) is 0 Å². The molecule has 1 fully saturated rings. The molecule has 0 spiro atoms. The van der Waals surface area contributed by atoms with E-state index in [1.165, 1.54) is 24.4 Å². The van der Waals surface area contributed by atoms with E-state index in [9.17, 15) is 28.4 Å². The van der Waals surface area contributed by atoms with Gasteiger partial charge in [-0.25, -0.2) is 9.18 Å². The molecular formula is C27H23ClFN3O8. The van der Waals surface area contributed by atoms with Crippen LogP contribution in [0, 0.1) is 23.6 Å². The molecule has 13 heteroatoms. The molecule has 0 aliphatic heterocycles. The highest BCUT2D eigenvalue weighted by Crippen LogP contribution is 2.48. The first kappa shape index (κ1) is 28.3. The summed E-state index contributed by atoms with van der Waals surface area (Å²) in [6, 6.07) is 12.3. The fourth-order valence-electron chi connectivity index (χ4n) is 4.13. The van der Waals surface area contributed by atoms with Crippen LogP contribution < -0.4 is 20.9 Å². The number of aliphatic carboxylic acids is 1. The van der Waals surface area contributed by atoms with Crippen LogP contribution >= 0.6 is 11.6 Å². The Morgan fingerprint density at radius 2 is 1.65 bits per heavy atom. The number of nitrogens with zero attached hydrogens (tertiary/aromatic N) is 1. The molecule has 1 heterocycles. The van der Waals surface area contributed by atoms with E-state index in [2.05, 4.69) is 10.6 Å². The lowest BCUT2D eigenvalue weighted by Gasteiger charge is -2.11. The monoisotopic (exact) mass is 571 g/mol. The molecule has 3 aromatic rings. The summed E-state index contributed by atoms with van der Waals surface area (Å²) in [4.78, 5) is 61.4. The lowest BCUT2D eigenvalue weighted by atomic mass is 10.2. The van der Waals surface area contributed by atoms with Crippen LogP contribution in [0.15, 0.2) is 65.6 Å². The molecule has 11 nitrogen and oxygen atoms in total. The first-order chi connectivity index (χ1) is 19.1. The minimum Gasteiger partial charge on any atom is -0.482 e. The van der Waals surface area contributed by atoms with Gasteiger partial charge >= 0.3 is 11.9 Å². The van der Waals surface area contributed by atoms with Gasteiger partial charge < -0.3 is 25.2 Å². The zero-order valence-corrected chi connectivity index (χ0v) is 21.7. The Hall–Kier alpha value is -4.71. The van der Waals surface area contributed by atoms with Crippen molar-refractivity contribution in [2.24, 2.45) is 17.8 Å². The Labute approximate surface area is 231 Å². The minimum absolute atomic E-state index is 0.0308. The van der Waals surface area contributed by atoms with Crippen LogP contribution in [0.1, 0.15) is 6.92 Å². The third-order valence-electron chi connectivity index (χ3n) is 6.04. The van der Waals surface area contributed by atoms with E-state index < -0.39 is 59.5 Å². The molecule has 0 radical (unpaired) electrons. The number of esters is 1. The van der Waals surface area contributed by atoms with Crippen molar-refractivity contribution >= 4 is 46.7 Å². The molecule has 0 saturated heterocycles. The van der Waals surface area contributed by atoms with Gasteiger partial charge in [-0.05, 0) is 49.4 Å². The number of anilines is 2. The maximum Gasteiger partial charge on any atom is 0.341 e. The lowest BCUT2D eigenvalue weighted by molar-refractivity contribution is -0.146. The van der Waals surface area contributed by atoms with Gasteiger partial charge in [0.15, 0.2) is 6.61 Å². The molecule has 4 rings (SSSR count). The number of nitrogens with one attached hydrogen (secondary N) is 2. The summed E-state index contributed by atoms with van der Waals surface area (Å²) in [5.74, 6) is -7.27. The fraction of sp³-hybridized carbons (Fsp3) is 0.222. The van der Waals surface area contributed by atoms with E-state index >= 15 is 0 Å². The topological polar surface area (TPSA) is 153 Å². The standard InChI is InChI=1S/C27H23ClFN3O8/c1-2-39-27(38)24-22(25(36)30-15-5-3-14(28)4-6-15)23(24)26(37)31-19-8-7-16(11-18(19)29)32-10-9-17(12-20(32)33)40-13-21(34)35/h3-12,22-24H,2,13H2,1H3,(H,30,36)(H,31,37)(H,34,35). The highest BCUT2D eigenvalue weighted by atomic mass is 35.5. The van der Waals surface area contributed by atoms with Gasteiger partial charge in [0, 0.05) is 29.0 Å². The van der Waals surface area contributed by atoms with Gasteiger partial charge in [-0.1, -0.05) is 11.6 Å². The van der Waals surface area contributed by atoms with Crippen molar-refractivity contribution in [1.82, 2.24) is 4.57 Å². The molecule has 40 heavy (non-hydrogen) atoms. The SMILES string of the molecule is CCOC(=O)C1C(C(=O)Nc2ccc(Cl)cc2)C1C(=O)Nc1ccc(-n2ccc(OCC(=O)O)cc2=O)cc1F. The van der Waals surface area contributed by atoms with Crippen molar-refractivity contribution in [3.63, 3.8) is 0 Å². The number of carboxylic acid groups (broad SMARTS) is 1. The second-order valence-corrected chi connectivity index (χ2v) is 9.17. The van der Waals surface area contributed by atoms with Crippen LogP contribution in [0.5, 0.6) is 5.75 Å². The number of amides is 2. The number of ether oxygens (including phenoxy) is 2. The summed E-state index contributed by atoms with van der Waals surface area (Å²) >= 11 is 5.86. The van der Waals surface area contributed by atoms with Crippen molar-refractivity contribution in [3.05, 3.63) is 82.0 Å². The van der Waals surface area contributed by atoms with Crippen molar-refractivity contribution < 1.29 is 38.1 Å². The molecule has 1 aromatic heterocycles. The highest BCUT2D eigenvalue weighted by molar-refractivity contribution is 6.30. The molecular weight excluding hydrogens is 549 g/mol. The number of aromatic nitrogens is 1. The average Bonchev–Trinajstić information content (AvgIpc) is 3.67. The number of carboxylic acids is 1. The van der Waals surface area contributed by atoms with Crippen LogP contribution in [0.2, 0.25) is 5.02 Å². The van der Waals surface area contributed by atoms with Crippen molar-refractivity contribution in [2.75, 3.05) is 23.8 Å². The number of benzene rings is 2. The molecule has 1 aliphatic rings. The first-order valence-corrected chi connectivity index (χ1v) is 12.4. The van der Waals surface area contributed by atoms with Crippen molar-refractivity contribution in [1.29, 1.82) is 0 Å². The molecule has 3 unspecified atom stereocenters. The third-order valence-corrected chi connectivity index (χ3v) is 6.29. The minimum atomic E-state index is -1.21. The first-order valence-electron chi connectivity index (χ1n) is 12.0. The third kappa shape index (κ3) is 6.46.